The molecule has 0 radical (unpaired) electrons. The van der Waals surface area contributed by atoms with Crippen LogP contribution in [0.2, 0.25) is 0 Å². The number of nitrogens with zero attached hydrogens (tertiary/aromatic N) is 2. The summed E-state index contributed by atoms with van der Waals surface area (Å²) in [5.74, 6) is -0.850. The van der Waals surface area contributed by atoms with Gasteiger partial charge < -0.3 is 14.9 Å². The number of aromatic hydroxyl groups is 2. The van der Waals surface area contributed by atoms with Crippen LogP contribution in [0.4, 0.5) is 18.9 Å². The highest BCUT2D eigenvalue weighted by Crippen LogP contribution is 2.61. The molecule has 0 spiro atoms. The molecule has 26 heavy (non-hydrogen) atoms. The van der Waals surface area contributed by atoms with E-state index in [2.05, 4.69) is 0 Å². The van der Waals surface area contributed by atoms with Gasteiger partial charge in [0.1, 0.15) is 5.56 Å². The van der Waals surface area contributed by atoms with E-state index in [0.29, 0.717) is 36.1 Å². The molecule has 0 aliphatic carbocycles. The lowest BCUT2D eigenvalue weighted by atomic mass is 9.86. The summed E-state index contributed by atoms with van der Waals surface area (Å²) >= 11 is 0. The summed E-state index contributed by atoms with van der Waals surface area (Å²) in [4.78, 5) is 9.76. The summed E-state index contributed by atoms with van der Waals surface area (Å²) in [7, 11) is 0. The van der Waals surface area contributed by atoms with Crippen LogP contribution in [0, 0.1) is 10.1 Å². The van der Waals surface area contributed by atoms with Gasteiger partial charge in [-0.25, -0.2) is 0 Å². The van der Waals surface area contributed by atoms with Crippen molar-refractivity contribution >= 4 is 5.69 Å². The van der Waals surface area contributed by atoms with Crippen LogP contribution in [0.5, 0.6) is 11.8 Å². The van der Waals surface area contributed by atoms with Crippen molar-refractivity contribution < 1.29 is 33.0 Å². The molecule has 2 atom stereocenters. The summed E-state index contributed by atoms with van der Waals surface area (Å²) in [6, 6.07) is 2.29. The van der Waals surface area contributed by atoms with Crippen molar-refractivity contribution in [2.24, 2.45) is 0 Å². The van der Waals surface area contributed by atoms with Gasteiger partial charge in [-0.1, -0.05) is 0 Å². The normalized spacial score (nSPS) is 24.1. The number of rotatable bonds is 2. The van der Waals surface area contributed by atoms with Crippen molar-refractivity contribution in [3.05, 3.63) is 45.0 Å². The maximum absolute atomic E-state index is 13.2. The van der Waals surface area contributed by atoms with Crippen LogP contribution in [-0.2, 0) is 16.5 Å². The van der Waals surface area contributed by atoms with Gasteiger partial charge in [0.05, 0.1) is 33.4 Å². The molecule has 1 fully saturated rings. The van der Waals surface area contributed by atoms with Crippen molar-refractivity contribution in [2.75, 3.05) is 0 Å². The van der Waals surface area contributed by atoms with E-state index in [1.807, 2.05) is 0 Å². The van der Waals surface area contributed by atoms with E-state index in [9.17, 15) is 33.5 Å². The van der Waals surface area contributed by atoms with E-state index >= 15 is 0 Å². The van der Waals surface area contributed by atoms with E-state index in [1.54, 1.807) is 6.92 Å². The third-order valence-electron chi connectivity index (χ3n) is 5.03. The quantitative estimate of drug-likeness (QED) is 0.617. The second kappa shape index (κ2) is 4.91. The zero-order valence-corrected chi connectivity index (χ0v) is 13.4. The van der Waals surface area contributed by atoms with E-state index in [1.165, 1.54) is 0 Å². The molecule has 2 unspecified atom stereocenters. The Hall–Kier alpha value is -2.75. The van der Waals surface area contributed by atoms with Crippen molar-refractivity contribution in [2.45, 2.75) is 37.6 Å². The summed E-state index contributed by atoms with van der Waals surface area (Å²) in [6.45, 7) is 1.74. The average molecular weight is 370 g/mol. The van der Waals surface area contributed by atoms with Gasteiger partial charge in [0.2, 0.25) is 11.8 Å². The van der Waals surface area contributed by atoms with Crippen LogP contribution in [0.25, 0.3) is 5.69 Å². The lowest BCUT2D eigenvalue weighted by Crippen LogP contribution is -2.16. The van der Waals surface area contributed by atoms with Crippen molar-refractivity contribution in [3.63, 3.8) is 0 Å². The lowest BCUT2D eigenvalue weighted by Gasteiger charge is -2.20. The van der Waals surface area contributed by atoms with Gasteiger partial charge >= 0.3 is 6.18 Å². The number of fused-ring (bicyclic) bond motifs is 5. The van der Waals surface area contributed by atoms with Gasteiger partial charge in [-0.15, -0.1) is 0 Å². The minimum Gasteiger partial charge on any atom is -0.494 e. The van der Waals surface area contributed by atoms with Gasteiger partial charge in [-0.3, -0.25) is 14.7 Å². The van der Waals surface area contributed by atoms with E-state index < -0.39 is 45.8 Å². The lowest BCUT2D eigenvalue weighted by molar-refractivity contribution is -0.388. The SMILES string of the molecule is CC12CCC(O1)c1c2c(O)n(-c2ccc([N+](=O)[O-])c(C(F)(F)F)c2)c1O. The monoisotopic (exact) mass is 370 g/mol. The first-order valence-electron chi connectivity index (χ1n) is 7.75. The van der Waals surface area contributed by atoms with Crippen molar-refractivity contribution in [1.29, 1.82) is 0 Å². The van der Waals surface area contributed by atoms with Crippen LogP contribution < -0.4 is 0 Å². The van der Waals surface area contributed by atoms with Crippen LogP contribution in [0.3, 0.4) is 0 Å². The summed E-state index contributed by atoms with van der Waals surface area (Å²) in [5, 5.41) is 31.9. The Labute approximate surface area is 144 Å². The molecular weight excluding hydrogens is 357 g/mol. The number of ether oxygens (including phenoxy) is 1. The number of halogens is 3. The average Bonchev–Trinajstić information content (AvgIpc) is 3.15. The Bertz CT molecular complexity index is 952. The Morgan fingerprint density at radius 2 is 2.04 bits per heavy atom. The molecule has 138 valence electrons. The summed E-state index contributed by atoms with van der Waals surface area (Å²) in [6.07, 6.45) is -4.18. The first-order valence-corrected chi connectivity index (χ1v) is 7.75. The fourth-order valence-corrected chi connectivity index (χ4v) is 3.91. The van der Waals surface area contributed by atoms with Crippen LogP contribution in [0.15, 0.2) is 18.2 Å². The zero-order chi connectivity index (χ0) is 19.0. The molecule has 3 heterocycles. The maximum atomic E-state index is 13.2. The van der Waals surface area contributed by atoms with Gasteiger partial charge in [0.25, 0.3) is 5.69 Å². The van der Waals surface area contributed by atoms with Gasteiger partial charge in [0, 0.05) is 6.07 Å². The fraction of sp³-hybridized carbons (Fsp3) is 0.375. The van der Waals surface area contributed by atoms with E-state index in [-0.39, 0.29) is 5.69 Å². The van der Waals surface area contributed by atoms with Gasteiger partial charge in [0.15, 0.2) is 0 Å². The minimum atomic E-state index is -4.96. The molecular formula is C16H13F3N2O5. The number of benzene rings is 1. The Kier molecular flexibility index (Phi) is 3.15. The highest BCUT2D eigenvalue weighted by molar-refractivity contribution is 5.60. The second-order valence-corrected chi connectivity index (χ2v) is 6.60. The molecule has 1 saturated heterocycles. The molecule has 7 nitrogen and oxygen atoms in total. The number of hydrogen-bond acceptors (Lipinski definition) is 5. The molecule has 0 amide bonds. The molecule has 0 saturated carbocycles. The highest BCUT2D eigenvalue weighted by atomic mass is 19.4. The highest BCUT2D eigenvalue weighted by Gasteiger charge is 2.53. The molecule has 2 N–H and O–H groups in total. The number of hydrogen-bond donors (Lipinski definition) is 2. The second-order valence-electron chi connectivity index (χ2n) is 6.60. The molecule has 1 aromatic heterocycles. The largest absolute Gasteiger partial charge is 0.494 e. The van der Waals surface area contributed by atoms with Crippen molar-refractivity contribution in [3.8, 4) is 17.4 Å². The smallest absolute Gasteiger partial charge is 0.423 e. The number of alkyl halides is 3. The molecule has 2 aromatic rings. The molecule has 4 rings (SSSR count). The zero-order valence-electron chi connectivity index (χ0n) is 13.4. The summed E-state index contributed by atoms with van der Waals surface area (Å²) in [5.41, 5.74) is -2.91. The first-order chi connectivity index (χ1) is 12.0. The van der Waals surface area contributed by atoms with Crippen LogP contribution in [0.1, 0.15) is 42.6 Å². The number of aromatic nitrogens is 1. The molecule has 1 aromatic carbocycles. The Morgan fingerprint density at radius 3 is 2.62 bits per heavy atom. The van der Waals surface area contributed by atoms with E-state index in [0.717, 1.165) is 10.6 Å². The fourth-order valence-electron chi connectivity index (χ4n) is 3.91. The topological polar surface area (TPSA) is 97.8 Å². The predicted octanol–water partition coefficient (Wildman–Crippen LogP) is 3.90. The Morgan fingerprint density at radius 1 is 1.35 bits per heavy atom. The Balaban J connectivity index is 1.94. The van der Waals surface area contributed by atoms with Crippen LogP contribution >= 0.6 is 0 Å². The predicted molar refractivity (Wildman–Crippen MR) is 81.2 cm³/mol. The van der Waals surface area contributed by atoms with Crippen LogP contribution in [-0.4, -0.2) is 19.7 Å². The summed E-state index contributed by atoms with van der Waals surface area (Å²) < 4.78 is 46.2. The molecule has 2 aliphatic rings. The minimum absolute atomic E-state index is 0.227. The first kappa shape index (κ1) is 16.7. The molecule has 10 heteroatoms. The number of nitro groups is 1. The standard InChI is InChI=1S/C16H13F3N2O5/c1-15-5-4-10(26-15)11-12(15)14(23)20(13(11)22)7-2-3-9(21(24)25)8(6-7)16(17,18)19/h2-3,6,10,22-23H,4-5H2,1H3. The third-order valence-corrected chi connectivity index (χ3v) is 5.03. The molecule has 2 aliphatic heterocycles. The van der Waals surface area contributed by atoms with E-state index in [4.69, 9.17) is 4.74 Å². The van der Waals surface area contributed by atoms with Gasteiger partial charge in [-0.2, -0.15) is 13.2 Å². The van der Waals surface area contributed by atoms with Crippen molar-refractivity contribution in [1.82, 2.24) is 4.57 Å². The third kappa shape index (κ3) is 2.05. The maximum Gasteiger partial charge on any atom is 0.423 e. The number of nitro benzene ring substituents is 1. The molecule has 2 bridgehead atoms. The van der Waals surface area contributed by atoms with Gasteiger partial charge in [-0.05, 0) is 31.9 Å².